The van der Waals surface area contributed by atoms with Gasteiger partial charge in [0.2, 0.25) is 0 Å². The van der Waals surface area contributed by atoms with E-state index in [2.05, 4.69) is 52.4 Å². The van der Waals surface area contributed by atoms with E-state index in [1.54, 1.807) is 0 Å². The van der Waals surface area contributed by atoms with Gasteiger partial charge in [-0.1, -0.05) is 37.3 Å². The van der Waals surface area contributed by atoms with Crippen molar-refractivity contribution in [1.82, 2.24) is 15.1 Å². The number of nitrogens with zero attached hydrogens (tertiary/aromatic N) is 2. The van der Waals surface area contributed by atoms with Gasteiger partial charge in [-0.2, -0.15) is 0 Å². The van der Waals surface area contributed by atoms with E-state index in [1.807, 2.05) is 0 Å². The van der Waals surface area contributed by atoms with Crippen LogP contribution >= 0.6 is 12.4 Å². The van der Waals surface area contributed by atoms with Gasteiger partial charge in [0.1, 0.15) is 0 Å². The van der Waals surface area contributed by atoms with Crippen molar-refractivity contribution in [3.63, 3.8) is 0 Å². The Balaban J connectivity index is 0.00000192. The number of hydrogen-bond acceptors (Lipinski definition) is 3. The molecule has 1 N–H and O–H groups in total. The third kappa shape index (κ3) is 5.46. The molecular weight excluding hydrogens is 306 g/mol. The van der Waals surface area contributed by atoms with Crippen molar-refractivity contribution in [3.8, 4) is 0 Å². The minimum Gasteiger partial charge on any atom is -0.317 e. The molecule has 1 aromatic rings. The van der Waals surface area contributed by atoms with Gasteiger partial charge in [-0.15, -0.1) is 12.4 Å². The molecular formula is C19H32ClN3. The van der Waals surface area contributed by atoms with Crippen LogP contribution in [0.3, 0.4) is 0 Å². The number of hydrogen-bond donors (Lipinski definition) is 1. The summed E-state index contributed by atoms with van der Waals surface area (Å²) < 4.78 is 0. The SMILES string of the molecule is CCN(CC1CCNCC1)C1CCN(Cc2ccccc2)C1.Cl. The highest BCUT2D eigenvalue weighted by Gasteiger charge is 2.28. The lowest BCUT2D eigenvalue weighted by atomic mass is 9.97. The van der Waals surface area contributed by atoms with Gasteiger partial charge in [-0.05, 0) is 50.4 Å². The molecule has 1 unspecified atom stereocenters. The summed E-state index contributed by atoms with van der Waals surface area (Å²) in [6.45, 7) is 10.9. The second kappa shape index (κ2) is 9.63. The van der Waals surface area contributed by atoms with Crippen molar-refractivity contribution in [3.05, 3.63) is 35.9 Å². The molecule has 1 aromatic carbocycles. The van der Waals surface area contributed by atoms with Gasteiger partial charge >= 0.3 is 0 Å². The highest BCUT2D eigenvalue weighted by atomic mass is 35.5. The minimum atomic E-state index is 0. The quantitative estimate of drug-likeness (QED) is 0.861. The Morgan fingerprint density at radius 3 is 2.57 bits per heavy atom. The summed E-state index contributed by atoms with van der Waals surface area (Å²) in [5.74, 6) is 0.907. The predicted octanol–water partition coefficient (Wildman–Crippen LogP) is 3.00. The topological polar surface area (TPSA) is 18.5 Å². The van der Waals surface area contributed by atoms with Crippen LogP contribution in [0.15, 0.2) is 30.3 Å². The number of piperidine rings is 1. The highest BCUT2D eigenvalue weighted by molar-refractivity contribution is 5.85. The van der Waals surface area contributed by atoms with Crippen molar-refractivity contribution in [2.24, 2.45) is 5.92 Å². The first kappa shape index (κ1) is 18.7. The molecule has 2 aliphatic rings. The van der Waals surface area contributed by atoms with E-state index in [4.69, 9.17) is 0 Å². The van der Waals surface area contributed by atoms with Crippen molar-refractivity contribution >= 4 is 12.4 Å². The molecule has 0 bridgehead atoms. The molecule has 0 radical (unpaired) electrons. The fraction of sp³-hybridized carbons (Fsp3) is 0.684. The van der Waals surface area contributed by atoms with Crippen LogP contribution < -0.4 is 5.32 Å². The maximum Gasteiger partial charge on any atom is 0.0235 e. The lowest BCUT2D eigenvalue weighted by molar-refractivity contribution is 0.157. The third-order valence-electron chi connectivity index (χ3n) is 5.37. The number of halogens is 1. The van der Waals surface area contributed by atoms with Crippen LogP contribution in [-0.4, -0.2) is 55.1 Å². The first-order chi connectivity index (χ1) is 10.8. The van der Waals surface area contributed by atoms with Crippen LogP contribution in [0.2, 0.25) is 0 Å². The second-order valence-corrected chi connectivity index (χ2v) is 6.94. The molecule has 0 saturated carbocycles. The Labute approximate surface area is 147 Å². The summed E-state index contributed by atoms with van der Waals surface area (Å²) in [6.07, 6.45) is 4.06. The monoisotopic (exact) mass is 337 g/mol. The van der Waals surface area contributed by atoms with E-state index in [0.29, 0.717) is 0 Å². The molecule has 23 heavy (non-hydrogen) atoms. The Morgan fingerprint density at radius 1 is 1.13 bits per heavy atom. The van der Waals surface area contributed by atoms with Crippen LogP contribution in [0, 0.1) is 5.92 Å². The van der Waals surface area contributed by atoms with Crippen molar-refractivity contribution in [2.75, 3.05) is 39.3 Å². The summed E-state index contributed by atoms with van der Waals surface area (Å²) in [5.41, 5.74) is 1.45. The molecule has 2 aliphatic heterocycles. The summed E-state index contributed by atoms with van der Waals surface area (Å²) in [4.78, 5) is 5.38. The van der Waals surface area contributed by atoms with Gasteiger partial charge in [0.25, 0.3) is 0 Å². The van der Waals surface area contributed by atoms with Gasteiger partial charge in [-0.3, -0.25) is 9.80 Å². The van der Waals surface area contributed by atoms with E-state index in [9.17, 15) is 0 Å². The Hall–Kier alpha value is -0.610. The molecule has 3 rings (SSSR count). The zero-order valence-electron chi connectivity index (χ0n) is 14.4. The van der Waals surface area contributed by atoms with Crippen molar-refractivity contribution < 1.29 is 0 Å². The molecule has 2 fully saturated rings. The summed E-state index contributed by atoms with van der Waals surface area (Å²) >= 11 is 0. The van der Waals surface area contributed by atoms with E-state index in [0.717, 1.165) is 18.5 Å². The Bertz CT molecular complexity index is 434. The van der Waals surface area contributed by atoms with Crippen molar-refractivity contribution in [2.45, 2.75) is 38.8 Å². The molecule has 2 heterocycles. The summed E-state index contributed by atoms with van der Waals surface area (Å²) in [6, 6.07) is 11.7. The standard InChI is InChI=1S/C19H31N3.ClH/c1-2-22(15-18-8-11-20-12-9-18)19-10-13-21(16-19)14-17-6-4-3-5-7-17;/h3-7,18-20H,2,8-16H2,1H3;1H. The molecule has 1 atom stereocenters. The fourth-order valence-electron chi connectivity index (χ4n) is 4.03. The summed E-state index contributed by atoms with van der Waals surface area (Å²) in [5, 5.41) is 3.48. The minimum absolute atomic E-state index is 0. The van der Waals surface area contributed by atoms with Crippen LogP contribution in [0.4, 0.5) is 0 Å². The Morgan fingerprint density at radius 2 is 1.87 bits per heavy atom. The zero-order valence-corrected chi connectivity index (χ0v) is 15.2. The second-order valence-electron chi connectivity index (χ2n) is 6.94. The average molecular weight is 338 g/mol. The van der Waals surface area contributed by atoms with Crippen LogP contribution in [0.5, 0.6) is 0 Å². The molecule has 0 amide bonds. The maximum atomic E-state index is 3.48. The fourth-order valence-corrected chi connectivity index (χ4v) is 4.03. The number of nitrogens with one attached hydrogen (secondary N) is 1. The number of likely N-dealkylation sites (tertiary alicyclic amines) is 1. The highest BCUT2D eigenvalue weighted by Crippen LogP contribution is 2.21. The van der Waals surface area contributed by atoms with Gasteiger partial charge in [0, 0.05) is 32.2 Å². The van der Waals surface area contributed by atoms with Gasteiger partial charge < -0.3 is 5.32 Å². The largest absolute Gasteiger partial charge is 0.317 e. The lowest BCUT2D eigenvalue weighted by Crippen LogP contribution is -2.42. The number of likely N-dealkylation sites (N-methyl/N-ethyl adjacent to an activating group) is 1. The molecule has 0 aromatic heterocycles. The summed E-state index contributed by atoms with van der Waals surface area (Å²) in [7, 11) is 0. The molecule has 0 spiro atoms. The first-order valence-corrected chi connectivity index (χ1v) is 9.06. The molecule has 3 nitrogen and oxygen atoms in total. The van der Waals surface area contributed by atoms with Crippen LogP contribution in [0.25, 0.3) is 0 Å². The van der Waals surface area contributed by atoms with Crippen LogP contribution in [0.1, 0.15) is 31.7 Å². The molecule has 4 heteroatoms. The number of rotatable bonds is 6. The van der Waals surface area contributed by atoms with Gasteiger partial charge in [-0.25, -0.2) is 0 Å². The smallest absolute Gasteiger partial charge is 0.0235 e. The van der Waals surface area contributed by atoms with Crippen molar-refractivity contribution in [1.29, 1.82) is 0 Å². The maximum absolute atomic E-state index is 3.48. The third-order valence-corrected chi connectivity index (χ3v) is 5.37. The lowest BCUT2D eigenvalue weighted by Gasteiger charge is -2.33. The first-order valence-electron chi connectivity index (χ1n) is 9.06. The van der Waals surface area contributed by atoms with E-state index in [1.165, 1.54) is 64.1 Å². The van der Waals surface area contributed by atoms with Gasteiger partial charge in [0.15, 0.2) is 0 Å². The average Bonchev–Trinajstić information content (AvgIpc) is 3.03. The normalized spacial score (nSPS) is 23.1. The number of benzene rings is 1. The molecule has 130 valence electrons. The zero-order chi connectivity index (χ0) is 15.2. The van der Waals surface area contributed by atoms with E-state index < -0.39 is 0 Å². The molecule has 0 aliphatic carbocycles. The predicted molar refractivity (Wildman–Crippen MR) is 100 cm³/mol. The van der Waals surface area contributed by atoms with Gasteiger partial charge in [0.05, 0.1) is 0 Å². The molecule has 2 saturated heterocycles. The Kier molecular flexibility index (Phi) is 7.84. The van der Waals surface area contributed by atoms with Crippen LogP contribution in [-0.2, 0) is 6.54 Å². The van der Waals surface area contributed by atoms with E-state index >= 15 is 0 Å². The van der Waals surface area contributed by atoms with E-state index in [-0.39, 0.29) is 12.4 Å².